The van der Waals surface area contributed by atoms with Crippen LogP contribution in [0.15, 0.2) is 255 Å². The monoisotopic (exact) mass is 1010 g/mol. The highest BCUT2D eigenvalue weighted by atomic mass is 28.3. The quantitative estimate of drug-likeness (QED) is 0.0709. The molecule has 13 aromatic rings. The number of benzene rings is 13. The topological polar surface area (TPSA) is 3.24 Å². The SMILES string of the molecule is C[Si](C)(C)c1ccc(B(c2ccc([Si](C)(C)C)cc2)c2cccc3c(-c4ccc5c6ccccc6c6c(N(c7ccccc7-c7ccccc7)c7ccccc7-c7ccccc7)ccc7ccc4c5c76)cccc23)cc1. The Balaban J connectivity index is 1.06. The van der Waals surface area contributed by atoms with Gasteiger partial charge in [0, 0.05) is 21.9 Å². The molecule has 4 heteroatoms. The van der Waals surface area contributed by atoms with Gasteiger partial charge in [0.25, 0.3) is 0 Å². The van der Waals surface area contributed by atoms with E-state index in [0.717, 1.165) is 17.1 Å². The van der Waals surface area contributed by atoms with E-state index in [0.29, 0.717) is 0 Å². The Morgan fingerprint density at radius 1 is 0.276 bits per heavy atom. The fraction of sp³-hybridized carbons (Fsp3) is 0.0833. The van der Waals surface area contributed by atoms with Crippen LogP contribution in [0, 0.1) is 0 Å². The lowest BCUT2D eigenvalue weighted by Gasteiger charge is -2.32. The second-order valence-corrected chi connectivity index (χ2v) is 32.9. The molecule has 13 rings (SSSR count). The van der Waals surface area contributed by atoms with Crippen molar-refractivity contribution in [2.24, 2.45) is 0 Å². The molecule has 0 amide bonds. The van der Waals surface area contributed by atoms with Gasteiger partial charge >= 0.3 is 0 Å². The summed E-state index contributed by atoms with van der Waals surface area (Å²) in [6, 6.07) is 96.3. The van der Waals surface area contributed by atoms with Crippen LogP contribution in [0.1, 0.15) is 0 Å². The van der Waals surface area contributed by atoms with E-state index in [1.54, 1.807) is 0 Å². The van der Waals surface area contributed by atoms with Gasteiger partial charge in [0.05, 0.1) is 33.2 Å². The normalized spacial score (nSPS) is 12.1. The first-order valence-corrected chi connectivity index (χ1v) is 34.0. The Labute approximate surface area is 450 Å². The molecule has 0 aliphatic carbocycles. The van der Waals surface area contributed by atoms with E-state index in [1.165, 1.54) is 114 Å². The maximum atomic E-state index is 2.55. The van der Waals surface area contributed by atoms with Crippen LogP contribution >= 0.6 is 0 Å². The summed E-state index contributed by atoms with van der Waals surface area (Å²) in [5.41, 5.74) is 14.6. The van der Waals surface area contributed by atoms with E-state index in [2.05, 4.69) is 299 Å². The van der Waals surface area contributed by atoms with Crippen LogP contribution in [0.25, 0.3) is 87.2 Å². The van der Waals surface area contributed by atoms with Crippen molar-refractivity contribution in [1.82, 2.24) is 0 Å². The molecule has 0 heterocycles. The Hall–Kier alpha value is -8.28. The summed E-state index contributed by atoms with van der Waals surface area (Å²) in [5.74, 6) is 0. The van der Waals surface area contributed by atoms with E-state index in [1.807, 2.05) is 0 Å². The number of fused-ring (bicyclic) bond motifs is 4. The van der Waals surface area contributed by atoms with Crippen LogP contribution in [0.3, 0.4) is 0 Å². The molecular weight excluding hydrogens is 946 g/mol. The largest absolute Gasteiger partial charge is 0.309 e. The first kappa shape index (κ1) is 47.4. The van der Waals surface area contributed by atoms with Gasteiger partial charge in [-0.15, -0.1) is 0 Å². The fourth-order valence-corrected chi connectivity index (χ4v) is 14.6. The Morgan fingerprint density at radius 3 is 1.32 bits per heavy atom. The van der Waals surface area contributed by atoms with E-state index < -0.39 is 16.1 Å². The third-order valence-electron chi connectivity index (χ3n) is 16.1. The number of rotatable bonds is 11. The van der Waals surface area contributed by atoms with E-state index in [-0.39, 0.29) is 6.71 Å². The van der Waals surface area contributed by atoms with Crippen molar-refractivity contribution >= 4 is 121 Å². The zero-order chi connectivity index (χ0) is 51.7. The number of anilines is 3. The lowest BCUT2D eigenvalue weighted by atomic mass is 9.36. The molecule has 0 aromatic heterocycles. The summed E-state index contributed by atoms with van der Waals surface area (Å²) >= 11 is 0. The average molecular weight is 1010 g/mol. The van der Waals surface area contributed by atoms with Gasteiger partial charge in [0.2, 0.25) is 6.71 Å². The zero-order valence-corrected chi connectivity index (χ0v) is 46.3. The minimum absolute atomic E-state index is 0.0680. The third kappa shape index (κ3) is 8.16. The highest BCUT2D eigenvalue weighted by Crippen LogP contribution is 2.52. The van der Waals surface area contributed by atoms with E-state index in [4.69, 9.17) is 0 Å². The van der Waals surface area contributed by atoms with Crippen LogP contribution in [0.5, 0.6) is 0 Å². The first-order valence-electron chi connectivity index (χ1n) is 27.0. The van der Waals surface area contributed by atoms with Gasteiger partial charge in [-0.2, -0.15) is 0 Å². The molecule has 1 nitrogen and oxygen atoms in total. The predicted molar refractivity (Wildman–Crippen MR) is 340 cm³/mol. The number of hydrogen-bond donors (Lipinski definition) is 0. The van der Waals surface area contributed by atoms with Crippen molar-refractivity contribution < 1.29 is 0 Å². The maximum absolute atomic E-state index is 2.55. The minimum Gasteiger partial charge on any atom is -0.309 e. The highest BCUT2D eigenvalue weighted by Gasteiger charge is 2.29. The van der Waals surface area contributed by atoms with E-state index in [9.17, 15) is 0 Å². The number of nitrogens with zero attached hydrogens (tertiary/aromatic N) is 1. The second-order valence-electron chi connectivity index (χ2n) is 22.8. The lowest BCUT2D eigenvalue weighted by Crippen LogP contribution is -2.53. The molecule has 0 aliphatic rings. The predicted octanol–water partition coefficient (Wildman–Crippen LogP) is 17.0. The summed E-state index contributed by atoms with van der Waals surface area (Å²) in [6.45, 7) is 14.7. The molecule has 0 N–H and O–H groups in total. The van der Waals surface area contributed by atoms with Crippen molar-refractivity contribution in [1.29, 1.82) is 0 Å². The van der Waals surface area contributed by atoms with Crippen molar-refractivity contribution in [3.05, 3.63) is 255 Å². The summed E-state index contributed by atoms with van der Waals surface area (Å²) in [5, 5.41) is 15.6. The van der Waals surface area contributed by atoms with Gasteiger partial charge in [0.1, 0.15) is 0 Å². The standard InChI is InChI=1S/C72H60BNSi2/c1-75(2,3)54-41-37-52(38-42-54)73(53-39-43-55(44-40-53)76(4,5)6)66-32-20-30-59-58(29-19-31-62(59)66)61-46-47-65-60-27-13-14-28-63(60)72-69(48-36-51-35-45-64(61)71(65)70(51)72)74(67-33-17-15-25-56(67)49-21-9-7-10-22-49)68-34-18-16-26-57(68)50-23-11-8-12-24-50/h7-48H,1-6H3. The molecule has 0 spiro atoms. The summed E-state index contributed by atoms with van der Waals surface area (Å²) in [6.07, 6.45) is 0. The lowest BCUT2D eigenvalue weighted by molar-refractivity contribution is 1.30. The third-order valence-corrected chi connectivity index (χ3v) is 20.2. The van der Waals surface area contributed by atoms with Gasteiger partial charge in [-0.05, 0) is 83.5 Å². The Kier molecular flexibility index (Phi) is 11.7. The molecule has 0 atom stereocenters. The molecule has 0 radical (unpaired) electrons. The van der Waals surface area contributed by atoms with Gasteiger partial charge in [-0.3, -0.25) is 0 Å². The molecule has 13 aromatic carbocycles. The fourth-order valence-electron chi connectivity index (χ4n) is 12.3. The molecule has 0 aliphatic heterocycles. The van der Waals surface area contributed by atoms with Crippen LogP contribution in [-0.2, 0) is 0 Å². The molecule has 0 fully saturated rings. The maximum Gasteiger partial charge on any atom is 0.241 e. The number of para-hydroxylation sites is 2. The van der Waals surface area contributed by atoms with Crippen molar-refractivity contribution in [3.8, 4) is 33.4 Å². The molecule has 364 valence electrons. The molecule has 76 heavy (non-hydrogen) atoms. The zero-order valence-electron chi connectivity index (χ0n) is 44.3. The minimum atomic E-state index is -1.50. The highest BCUT2D eigenvalue weighted by molar-refractivity contribution is 6.97. The van der Waals surface area contributed by atoms with Crippen molar-refractivity contribution in [2.45, 2.75) is 39.3 Å². The number of hydrogen-bond acceptors (Lipinski definition) is 1. The summed E-state index contributed by atoms with van der Waals surface area (Å²) in [7, 11) is -3.00. The van der Waals surface area contributed by atoms with Crippen LogP contribution in [0.4, 0.5) is 17.1 Å². The Morgan fingerprint density at radius 2 is 0.724 bits per heavy atom. The summed E-state index contributed by atoms with van der Waals surface area (Å²) < 4.78 is 0. The van der Waals surface area contributed by atoms with E-state index >= 15 is 0 Å². The smallest absolute Gasteiger partial charge is 0.241 e. The second kappa shape index (κ2) is 18.8. The summed E-state index contributed by atoms with van der Waals surface area (Å²) in [4.78, 5) is 2.55. The van der Waals surface area contributed by atoms with Crippen LogP contribution in [-0.4, -0.2) is 22.9 Å². The van der Waals surface area contributed by atoms with Gasteiger partial charge < -0.3 is 4.90 Å². The first-order chi connectivity index (χ1) is 37.0. The van der Waals surface area contributed by atoms with Gasteiger partial charge in [-0.25, -0.2) is 0 Å². The van der Waals surface area contributed by atoms with Gasteiger partial charge in [0.15, 0.2) is 0 Å². The van der Waals surface area contributed by atoms with Gasteiger partial charge in [-0.1, -0.05) is 303 Å². The molecule has 0 unspecified atom stereocenters. The van der Waals surface area contributed by atoms with Crippen molar-refractivity contribution in [3.63, 3.8) is 0 Å². The Bertz CT molecular complexity index is 4150. The average Bonchev–Trinajstić information content (AvgIpc) is 3.46. The molecule has 0 bridgehead atoms. The molecular formula is C72H60BNSi2. The molecule has 0 saturated carbocycles. The van der Waals surface area contributed by atoms with Crippen molar-refractivity contribution in [2.75, 3.05) is 4.90 Å². The molecule has 0 saturated heterocycles. The van der Waals surface area contributed by atoms with Crippen LogP contribution in [0.2, 0.25) is 39.3 Å². The van der Waals surface area contributed by atoms with Crippen LogP contribution < -0.4 is 31.7 Å².